The fourth-order valence-corrected chi connectivity index (χ4v) is 2.89. The molecule has 2 aromatic carbocycles. The number of pyridine rings is 1. The second-order valence-corrected chi connectivity index (χ2v) is 7.02. The summed E-state index contributed by atoms with van der Waals surface area (Å²) in [6.07, 6.45) is 0. The number of anilines is 1. The molecule has 0 fully saturated rings. The van der Waals surface area contributed by atoms with Crippen LogP contribution in [0.25, 0.3) is 10.9 Å². The third-order valence-corrected chi connectivity index (χ3v) is 4.46. The van der Waals surface area contributed by atoms with Crippen LogP contribution in [0, 0.1) is 6.92 Å². The van der Waals surface area contributed by atoms with Crippen molar-refractivity contribution in [3.8, 4) is 0 Å². The number of thiocarbonyl (C=S) groups is 1. The van der Waals surface area contributed by atoms with Gasteiger partial charge in [-0.1, -0.05) is 50.2 Å². The van der Waals surface area contributed by atoms with Crippen LogP contribution in [0.3, 0.4) is 0 Å². The molecule has 3 rings (SSSR count). The standard InChI is InChI=1S/C21H22N4OS/c1-13(2)19-12-16(15-9-5-7-11-18(15)22-19)20(26)24-25-21(27)23-17-10-6-4-8-14(17)3/h4-13H,1-3H3,(H,24,26)(H2,23,25,27). The average molecular weight is 379 g/mol. The van der Waals surface area contributed by atoms with Gasteiger partial charge in [-0.15, -0.1) is 0 Å². The number of hydrogen-bond donors (Lipinski definition) is 3. The number of nitrogens with one attached hydrogen (secondary N) is 3. The summed E-state index contributed by atoms with van der Waals surface area (Å²) in [5, 5.41) is 4.20. The number of hydrogen-bond acceptors (Lipinski definition) is 3. The Morgan fingerprint density at radius 3 is 2.48 bits per heavy atom. The van der Waals surface area contributed by atoms with Crippen LogP contribution in [0.2, 0.25) is 0 Å². The Kier molecular flexibility index (Phi) is 5.66. The van der Waals surface area contributed by atoms with Crippen molar-refractivity contribution in [1.82, 2.24) is 15.8 Å². The molecule has 0 atom stereocenters. The van der Waals surface area contributed by atoms with Crippen molar-refractivity contribution < 1.29 is 4.79 Å². The molecule has 0 unspecified atom stereocenters. The predicted molar refractivity (Wildman–Crippen MR) is 114 cm³/mol. The molecule has 0 saturated carbocycles. The molecular weight excluding hydrogens is 356 g/mol. The lowest BCUT2D eigenvalue weighted by Gasteiger charge is -2.15. The Balaban J connectivity index is 1.76. The van der Waals surface area contributed by atoms with E-state index in [0.717, 1.165) is 27.8 Å². The lowest BCUT2D eigenvalue weighted by atomic mass is 10.0. The largest absolute Gasteiger partial charge is 0.331 e. The maximum Gasteiger partial charge on any atom is 0.270 e. The average Bonchev–Trinajstić information content (AvgIpc) is 2.67. The maximum atomic E-state index is 12.8. The fraction of sp³-hybridized carbons (Fsp3) is 0.190. The van der Waals surface area contributed by atoms with Gasteiger partial charge in [-0.25, -0.2) is 0 Å². The number of aryl methyl sites for hydroxylation is 1. The molecule has 0 aliphatic heterocycles. The van der Waals surface area contributed by atoms with E-state index < -0.39 is 0 Å². The number of carbonyl (C=O) groups excluding carboxylic acids is 1. The monoisotopic (exact) mass is 378 g/mol. The third-order valence-electron chi connectivity index (χ3n) is 4.25. The molecule has 0 radical (unpaired) electrons. The van der Waals surface area contributed by atoms with Crippen molar-refractivity contribution in [3.05, 3.63) is 71.4 Å². The molecule has 138 valence electrons. The van der Waals surface area contributed by atoms with E-state index in [1.54, 1.807) is 0 Å². The van der Waals surface area contributed by atoms with Crippen molar-refractivity contribution in [2.45, 2.75) is 26.7 Å². The first-order chi connectivity index (χ1) is 13.0. The molecule has 0 aliphatic rings. The van der Waals surface area contributed by atoms with Crippen LogP contribution in [0.4, 0.5) is 5.69 Å². The zero-order valence-corrected chi connectivity index (χ0v) is 16.4. The van der Waals surface area contributed by atoms with E-state index in [9.17, 15) is 4.79 Å². The minimum Gasteiger partial charge on any atom is -0.331 e. The van der Waals surface area contributed by atoms with Gasteiger partial charge < -0.3 is 5.32 Å². The number of rotatable bonds is 3. The van der Waals surface area contributed by atoms with Gasteiger partial charge in [-0.2, -0.15) is 0 Å². The van der Waals surface area contributed by atoms with Crippen molar-refractivity contribution in [2.75, 3.05) is 5.32 Å². The van der Waals surface area contributed by atoms with E-state index in [0.29, 0.717) is 10.7 Å². The van der Waals surface area contributed by atoms with Crippen LogP contribution in [-0.2, 0) is 0 Å². The summed E-state index contributed by atoms with van der Waals surface area (Å²) in [6, 6.07) is 17.3. The first kappa shape index (κ1) is 18.8. The Labute approximate surface area is 164 Å². The summed E-state index contributed by atoms with van der Waals surface area (Å²) in [7, 11) is 0. The number of nitrogens with zero attached hydrogens (tertiary/aromatic N) is 1. The van der Waals surface area contributed by atoms with Gasteiger partial charge in [-0.05, 0) is 48.8 Å². The van der Waals surface area contributed by atoms with Crippen molar-refractivity contribution in [2.24, 2.45) is 0 Å². The smallest absolute Gasteiger partial charge is 0.270 e. The summed E-state index contributed by atoms with van der Waals surface area (Å²) >= 11 is 5.28. The van der Waals surface area contributed by atoms with Gasteiger partial charge in [0.15, 0.2) is 5.11 Å². The van der Waals surface area contributed by atoms with Gasteiger partial charge in [0, 0.05) is 16.8 Å². The van der Waals surface area contributed by atoms with E-state index in [2.05, 4.69) is 35.0 Å². The number of benzene rings is 2. The molecule has 5 nitrogen and oxygen atoms in total. The Hall–Kier alpha value is -2.99. The first-order valence-corrected chi connectivity index (χ1v) is 9.19. The number of aromatic nitrogens is 1. The van der Waals surface area contributed by atoms with Crippen LogP contribution >= 0.6 is 12.2 Å². The molecule has 1 amide bonds. The second-order valence-electron chi connectivity index (χ2n) is 6.61. The molecule has 27 heavy (non-hydrogen) atoms. The number of carbonyl (C=O) groups is 1. The topological polar surface area (TPSA) is 66.0 Å². The number of amides is 1. The SMILES string of the molecule is Cc1ccccc1NC(=S)NNC(=O)c1cc(C(C)C)nc2ccccc12. The van der Waals surface area contributed by atoms with Crippen LogP contribution in [-0.4, -0.2) is 16.0 Å². The minimum absolute atomic E-state index is 0.220. The normalized spacial score (nSPS) is 10.7. The number of para-hydroxylation sites is 2. The summed E-state index contributed by atoms with van der Waals surface area (Å²) in [6.45, 7) is 6.09. The van der Waals surface area contributed by atoms with Crippen LogP contribution in [0.5, 0.6) is 0 Å². The van der Waals surface area contributed by atoms with Gasteiger partial charge in [0.1, 0.15) is 0 Å². The molecule has 1 heterocycles. The zero-order valence-electron chi connectivity index (χ0n) is 15.5. The molecule has 3 N–H and O–H groups in total. The predicted octanol–water partition coefficient (Wildman–Crippen LogP) is 4.30. The number of hydrazine groups is 1. The van der Waals surface area contributed by atoms with Gasteiger partial charge in [0.05, 0.1) is 11.1 Å². The summed E-state index contributed by atoms with van der Waals surface area (Å²) in [4.78, 5) is 17.4. The van der Waals surface area contributed by atoms with E-state index in [4.69, 9.17) is 12.2 Å². The van der Waals surface area contributed by atoms with Crippen LogP contribution in [0.15, 0.2) is 54.6 Å². The highest BCUT2D eigenvalue weighted by Crippen LogP contribution is 2.22. The first-order valence-electron chi connectivity index (χ1n) is 8.78. The van der Waals surface area contributed by atoms with Crippen LogP contribution in [0.1, 0.15) is 41.4 Å². The lowest BCUT2D eigenvalue weighted by molar-refractivity contribution is 0.0945. The van der Waals surface area contributed by atoms with Gasteiger partial charge >= 0.3 is 0 Å². The third kappa shape index (κ3) is 4.41. The number of fused-ring (bicyclic) bond motifs is 1. The van der Waals surface area contributed by atoms with Crippen molar-refractivity contribution >= 4 is 39.8 Å². The Morgan fingerprint density at radius 1 is 1.04 bits per heavy atom. The zero-order chi connectivity index (χ0) is 19.4. The molecule has 6 heteroatoms. The highest BCUT2D eigenvalue weighted by atomic mass is 32.1. The van der Waals surface area contributed by atoms with E-state index in [1.807, 2.05) is 61.5 Å². The molecule has 0 saturated heterocycles. The van der Waals surface area contributed by atoms with Crippen molar-refractivity contribution in [1.29, 1.82) is 0 Å². The summed E-state index contributed by atoms with van der Waals surface area (Å²) in [5.41, 5.74) is 9.64. The lowest BCUT2D eigenvalue weighted by Crippen LogP contribution is -2.44. The Morgan fingerprint density at radius 2 is 1.74 bits per heavy atom. The van der Waals surface area contributed by atoms with Gasteiger partial charge in [0.25, 0.3) is 5.91 Å². The van der Waals surface area contributed by atoms with Crippen molar-refractivity contribution in [3.63, 3.8) is 0 Å². The van der Waals surface area contributed by atoms with E-state index in [1.165, 1.54) is 0 Å². The second kappa shape index (κ2) is 8.14. The minimum atomic E-state index is -0.260. The molecule has 0 aliphatic carbocycles. The molecule has 3 aromatic rings. The van der Waals surface area contributed by atoms with Gasteiger partial charge in [0.2, 0.25) is 0 Å². The van der Waals surface area contributed by atoms with E-state index >= 15 is 0 Å². The Bertz CT molecular complexity index is 1000. The van der Waals surface area contributed by atoms with E-state index in [-0.39, 0.29) is 11.8 Å². The molecule has 1 aromatic heterocycles. The maximum absolute atomic E-state index is 12.8. The summed E-state index contributed by atoms with van der Waals surface area (Å²) < 4.78 is 0. The fourth-order valence-electron chi connectivity index (χ4n) is 2.73. The highest BCUT2D eigenvalue weighted by molar-refractivity contribution is 7.80. The van der Waals surface area contributed by atoms with Gasteiger partial charge in [-0.3, -0.25) is 20.6 Å². The highest BCUT2D eigenvalue weighted by Gasteiger charge is 2.14. The quantitative estimate of drug-likeness (QED) is 0.468. The molecule has 0 spiro atoms. The summed E-state index contributed by atoms with van der Waals surface area (Å²) in [5.74, 6) is -0.0395. The molecule has 0 bridgehead atoms. The van der Waals surface area contributed by atoms with Crippen LogP contribution < -0.4 is 16.2 Å². The molecular formula is C21H22N4OS.